The summed E-state index contributed by atoms with van der Waals surface area (Å²) in [6.07, 6.45) is 0.923. The van der Waals surface area contributed by atoms with Gasteiger partial charge in [0.2, 0.25) is 0 Å². The Balaban J connectivity index is 2.05. The molecule has 0 aromatic heterocycles. The third kappa shape index (κ3) is 2.70. The van der Waals surface area contributed by atoms with E-state index in [2.05, 4.69) is 5.32 Å². The SMILES string of the molecule is CNC1CSCC1Cc1ccc(Cl)c(F)c1. The highest BCUT2D eigenvalue weighted by Gasteiger charge is 2.26. The summed E-state index contributed by atoms with van der Waals surface area (Å²) in [7, 11) is 1.99. The van der Waals surface area contributed by atoms with Crippen molar-refractivity contribution in [2.24, 2.45) is 5.92 Å². The predicted octanol–water partition coefficient (Wildman–Crippen LogP) is 2.97. The van der Waals surface area contributed by atoms with Crippen LogP contribution in [0.3, 0.4) is 0 Å². The molecule has 0 bridgehead atoms. The average molecular weight is 260 g/mol. The van der Waals surface area contributed by atoms with E-state index in [-0.39, 0.29) is 10.8 Å². The maximum absolute atomic E-state index is 13.3. The molecule has 2 unspecified atom stereocenters. The second kappa shape index (κ2) is 5.39. The Bertz CT molecular complexity index is 372. The monoisotopic (exact) mass is 259 g/mol. The quantitative estimate of drug-likeness (QED) is 0.896. The zero-order chi connectivity index (χ0) is 11.5. The van der Waals surface area contributed by atoms with E-state index in [1.54, 1.807) is 12.1 Å². The lowest BCUT2D eigenvalue weighted by atomic mass is 9.95. The molecule has 1 heterocycles. The molecule has 1 aliphatic rings. The van der Waals surface area contributed by atoms with Gasteiger partial charge in [-0.2, -0.15) is 11.8 Å². The first-order valence-electron chi connectivity index (χ1n) is 5.39. The fourth-order valence-electron chi connectivity index (χ4n) is 2.09. The van der Waals surface area contributed by atoms with Gasteiger partial charge in [-0.15, -0.1) is 0 Å². The Kier molecular flexibility index (Phi) is 4.11. The van der Waals surface area contributed by atoms with Crippen molar-refractivity contribution in [1.82, 2.24) is 5.32 Å². The fraction of sp³-hybridized carbons (Fsp3) is 0.500. The van der Waals surface area contributed by atoms with Crippen LogP contribution >= 0.6 is 23.4 Å². The van der Waals surface area contributed by atoms with Crippen molar-refractivity contribution in [3.05, 3.63) is 34.6 Å². The van der Waals surface area contributed by atoms with Crippen LogP contribution in [0.25, 0.3) is 0 Å². The van der Waals surface area contributed by atoms with Crippen molar-refractivity contribution in [2.45, 2.75) is 12.5 Å². The maximum atomic E-state index is 13.3. The van der Waals surface area contributed by atoms with Crippen LogP contribution in [-0.2, 0) is 6.42 Å². The van der Waals surface area contributed by atoms with Crippen molar-refractivity contribution >= 4 is 23.4 Å². The van der Waals surface area contributed by atoms with Gasteiger partial charge in [0.05, 0.1) is 5.02 Å². The molecule has 1 aromatic carbocycles. The number of benzene rings is 1. The molecule has 0 radical (unpaired) electrons. The highest BCUT2D eigenvalue weighted by molar-refractivity contribution is 7.99. The summed E-state index contributed by atoms with van der Waals surface area (Å²) >= 11 is 7.62. The first kappa shape index (κ1) is 12.2. The standard InChI is InChI=1S/C12H15ClFNS/c1-15-12-7-16-6-9(12)4-8-2-3-10(13)11(14)5-8/h2-3,5,9,12,15H,4,6-7H2,1H3. The zero-order valence-corrected chi connectivity index (χ0v) is 10.7. The van der Waals surface area contributed by atoms with Crippen LogP contribution in [0.15, 0.2) is 18.2 Å². The van der Waals surface area contributed by atoms with E-state index in [9.17, 15) is 4.39 Å². The number of nitrogens with one attached hydrogen (secondary N) is 1. The largest absolute Gasteiger partial charge is 0.316 e. The molecule has 1 aromatic rings. The van der Waals surface area contributed by atoms with Gasteiger partial charge in [0.1, 0.15) is 5.82 Å². The van der Waals surface area contributed by atoms with Gasteiger partial charge in [0.15, 0.2) is 0 Å². The van der Waals surface area contributed by atoms with E-state index in [1.165, 1.54) is 0 Å². The van der Waals surface area contributed by atoms with Crippen molar-refractivity contribution in [3.8, 4) is 0 Å². The first-order chi connectivity index (χ1) is 7.70. The first-order valence-corrected chi connectivity index (χ1v) is 6.93. The summed E-state index contributed by atoms with van der Waals surface area (Å²) in [5, 5.41) is 3.52. The normalized spacial score (nSPS) is 24.9. The Hall–Kier alpha value is -0.250. The maximum Gasteiger partial charge on any atom is 0.142 e. The Labute approximate surface area is 105 Å². The van der Waals surface area contributed by atoms with Crippen LogP contribution in [0.2, 0.25) is 5.02 Å². The summed E-state index contributed by atoms with van der Waals surface area (Å²) in [6.45, 7) is 0. The average Bonchev–Trinajstić information content (AvgIpc) is 2.71. The van der Waals surface area contributed by atoms with Crippen LogP contribution in [0.4, 0.5) is 4.39 Å². The van der Waals surface area contributed by atoms with E-state index in [1.807, 2.05) is 24.9 Å². The summed E-state index contributed by atoms with van der Waals surface area (Å²) in [6, 6.07) is 5.66. The summed E-state index contributed by atoms with van der Waals surface area (Å²) < 4.78 is 13.3. The van der Waals surface area contributed by atoms with Crippen LogP contribution in [0, 0.1) is 11.7 Å². The highest BCUT2D eigenvalue weighted by atomic mass is 35.5. The molecule has 1 fully saturated rings. The van der Waals surface area contributed by atoms with Gasteiger partial charge in [0, 0.05) is 11.8 Å². The molecule has 0 saturated carbocycles. The molecular formula is C12H15ClFNS. The molecule has 1 nitrogen and oxygen atoms in total. The van der Waals surface area contributed by atoms with Gasteiger partial charge < -0.3 is 5.32 Å². The van der Waals surface area contributed by atoms with E-state index in [0.29, 0.717) is 12.0 Å². The van der Waals surface area contributed by atoms with E-state index in [0.717, 1.165) is 23.5 Å². The number of halogens is 2. The van der Waals surface area contributed by atoms with Crippen LogP contribution in [0.5, 0.6) is 0 Å². The minimum absolute atomic E-state index is 0.203. The molecule has 1 N–H and O–H groups in total. The fourth-order valence-corrected chi connectivity index (χ4v) is 3.69. The van der Waals surface area contributed by atoms with Gasteiger partial charge in [-0.25, -0.2) is 4.39 Å². The minimum Gasteiger partial charge on any atom is -0.316 e. The molecule has 88 valence electrons. The van der Waals surface area contributed by atoms with Gasteiger partial charge >= 0.3 is 0 Å². The van der Waals surface area contributed by atoms with Crippen molar-refractivity contribution in [1.29, 1.82) is 0 Å². The summed E-state index contributed by atoms with van der Waals surface area (Å²) in [5.41, 5.74) is 1.04. The smallest absolute Gasteiger partial charge is 0.142 e. The van der Waals surface area contributed by atoms with Gasteiger partial charge in [-0.3, -0.25) is 0 Å². The Morgan fingerprint density at radius 1 is 1.50 bits per heavy atom. The second-order valence-corrected chi connectivity index (χ2v) is 5.63. The lowest BCUT2D eigenvalue weighted by Crippen LogP contribution is -2.33. The highest BCUT2D eigenvalue weighted by Crippen LogP contribution is 2.28. The lowest BCUT2D eigenvalue weighted by Gasteiger charge is -2.17. The van der Waals surface area contributed by atoms with Crippen LogP contribution in [-0.4, -0.2) is 24.6 Å². The second-order valence-electron chi connectivity index (χ2n) is 4.15. The van der Waals surface area contributed by atoms with E-state index < -0.39 is 0 Å². The minimum atomic E-state index is -0.314. The van der Waals surface area contributed by atoms with Crippen molar-refractivity contribution in [3.63, 3.8) is 0 Å². The third-order valence-corrected chi connectivity index (χ3v) is 4.62. The Morgan fingerprint density at radius 3 is 3.00 bits per heavy atom. The van der Waals surface area contributed by atoms with Gasteiger partial charge in [-0.05, 0) is 42.8 Å². The van der Waals surface area contributed by atoms with Crippen LogP contribution < -0.4 is 5.32 Å². The molecule has 0 amide bonds. The lowest BCUT2D eigenvalue weighted by molar-refractivity contribution is 0.452. The Morgan fingerprint density at radius 2 is 2.31 bits per heavy atom. The molecule has 1 saturated heterocycles. The number of rotatable bonds is 3. The van der Waals surface area contributed by atoms with E-state index >= 15 is 0 Å². The third-order valence-electron chi connectivity index (χ3n) is 3.05. The molecule has 4 heteroatoms. The molecular weight excluding hydrogens is 245 g/mol. The molecule has 0 aliphatic carbocycles. The molecule has 0 spiro atoms. The summed E-state index contributed by atoms with van der Waals surface area (Å²) in [5.74, 6) is 2.58. The molecule has 1 aliphatic heterocycles. The number of hydrogen-bond acceptors (Lipinski definition) is 2. The topological polar surface area (TPSA) is 12.0 Å². The predicted molar refractivity (Wildman–Crippen MR) is 68.8 cm³/mol. The van der Waals surface area contributed by atoms with Gasteiger partial charge in [-0.1, -0.05) is 17.7 Å². The van der Waals surface area contributed by atoms with Crippen molar-refractivity contribution < 1.29 is 4.39 Å². The van der Waals surface area contributed by atoms with Crippen LogP contribution in [0.1, 0.15) is 5.56 Å². The number of hydrogen-bond donors (Lipinski definition) is 1. The zero-order valence-electron chi connectivity index (χ0n) is 9.17. The molecule has 16 heavy (non-hydrogen) atoms. The molecule has 2 atom stereocenters. The van der Waals surface area contributed by atoms with E-state index in [4.69, 9.17) is 11.6 Å². The van der Waals surface area contributed by atoms with Crippen molar-refractivity contribution in [2.75, 3.05) is 18.6 Å². The summed E-state index contributed by atoms with van der Waals surface area (Å²) in [4.78, 5) is 0. The molecule has 2 rings (SSSR count). The number of thioether (sulfide) groups is 1. The van der Waals surface area contributed by atoms with Gasteiger partial charge in [0.25, 0.3) is 0 Å².